The molecule has 0 atom stereocenters. The van der Waals surface area contributed by atoms with E-state index in [0.717, 1.165) is 19.6 Å². The summed E-state index contributed by atoms with van der Waals surface area (Å²) in [5, 5.41) is 7.03. The highest BCUT2D eigenvalue weighted by molar-refractivity contribution is 5.59. The molecule has 0 bridgehead atoms. The molecule has 0 aliphatic carbocycles. The summed E-state index contributed by atoms with van der Waals surface area (Å²) in [6.07, 6.45) is 6.10. The van der Waals surface area contributed by atoms with Crippen LogP contribution in [0, 0.1) is 0 Å². The largest absolute Gasteiger partial charge is 0.385 e. The summed E-state index contributed by atoms with van der Waals surface area (Å²) < 4.78 is 0. The average molecular weight is 253 g/mol. The quantitative estimate of drug-likeness (QED) is 0.879. The van der Waals surface area contributed by atoms with Gasteiger partial charge in [-0.05, 0) is 41.7 Å². The van der Waals surface area contributed by atoms with Gasteiger partial charge in [-0.25, -0.2) is 0 Å². The van der Waals surface area contributed by atoms with Gasteiger partial charge in [0.05, 0.1) is 0 Å². The van der Waals surface area contributed by atoms with E-state index in [2.05, 4.69) is 33.8 Å². The maximum absolute atomic E-state index is 4.03. The van der Waals surface area contributed by atoms with Crippen LogP contribution in [0.25, 0.3) is 0 Å². The van der Waals surface area contributed by atoms with Crippen molar-refractivity contribution >= 4 is 5.69 Å². The van der Waals surface area contributed by atoms with Crippen LogP contribution in [0.15, 0.2) is 42.7 Å². The van der Waals surface area contributed by atoms with Crippen LogP contribution in [-0.4, -0.2) is 11.5 Å². The normalized spacial score (nSPS) is 13.7. The van der Waals surface area contributed by atoms with Gasteiger partial charge in [0.15, 0.2) is 0 Å². The third-order valence-corrected chi connectivity index (χ3v) is 3.56. The lowest BCUT2D eigenvalue weighted by Crippen LogP contribution is -2.18. The summed E-state index contributed by atoms with van der Waals surface area (Å²) >= 11 is 0. The maximum atomic E-state index is 4.03. The second-order valence-electron chi connectivity index (χ2n) is 4.94. The van der Waals surface area contributed by atoms with Gasteiger partial charge < -0.3 is 10.6 Å². The fourth-order valence-corrected chi connectivity index (χ4v) is 2.57. The first kappa shape index (κ1) is 12.2. The van der Waals surface area contributed by atoms with E-state index in [-0.39, 0.29) is 0 Å². The number of hydrogen-bond donors (Lipinski definition) is 2. The van der Waals surface area contributed by atoms with Crippen LogP contribution in [0.2, 0.25) is 0 Å². The monoisotopic (exact) mass is 253 g/mol. The molecule has 0 amide bonds. The molecule has 1 aliphatic heterocycles. The Morgan fingerprint density at radius 3 is 2.89 bits per heavy atom. The minimum atomic E-state index is 0.881. The van der Waals surface area contributed by atoms with E-state index in [9.17, 15) is 0 Å². The lowest BCUT2D eigenvalue weighted by Gasteiger charge is -2.21. The Hall–Kier alpha value is -1.87. The van der Waals surface area contributed by atoms with E-state index < -0.39 is 0 Å². The van der Waals surface area contributed by atoms with Crippen LogP contribution in [0.3, 0.4) is 0 Å². The number of aromatic nitrogens is 1. The molecule has 3 heteroatoms. The lowest BCUT2D eigenvalue weighted by molar-refractivity contribution is 0.690. The molecule has 2 heterocycles. The Labute approximate surface area is 114 Å². The second-order valence-corrected chi connectivity index (χ2v) is 4.94. The van der Waals surface area contributed by atoms with Crippen molar-refractivity contribution in [3.63, 3.8) is 0 Å². The number of rotatable bonds is 4. The van der Waals surface area contributed by atoms with Gasteiger partial charge in [0.1, 0.15) is 0 Å². The summed E-state index contributed by atoms with van der Waals surface area (Å²) in [6.45, 7) is 2.87. The van der Waals surface area contributed by atoms with Crippen molar-refractivity contribution in [2.75, 3.05) is 11.9 Å². The molecule has 0 saturated heterocycles. The number of para-hydroxylation sites is 1. The Kier molecular flexibility index (Phi) is 3.75. The maximum Gasteiger partial charge on any atom is 0.0418 e. The van der Waals surface area contributed by atoms with Gasteiger partial charge in [0.2, 0.25) is 0 Å². The minimum Gasteiger partial charge on any atom is -0.385 e. The van der Waals surface area contributed by atoms with Gasteiger partial charge in [-0.15, -0.1) is 0 Å². The molecule has 1 aromatic heterocycles. The molecule has 0 fully saturated rings. The van der Waals surface area contributed by atoms with Crippen LogP contribution >= 0.6 is 0 Å². The fourth-order valence-electron chi connectivity index (χ4n) is 2.57. The van der Waals surface area contributed by atoms with Crippen molar-refractivity contribution in [2.24, 2.45) is 0 Å². The number of benzene rings is 1. The van der Waals surface area contributed by atoms with Crippen LogP contribution in [0.4, 0.5) is 5.69 Å². The third-order valence-electron chi connectivity index (χ3n) is 3.56. The van der Waals surface area contributed by atoms with Crippen molar-refractivity contribution in [1.82, 2.24) is 10.3 Å². The highest BCUT2D eigenvalue weighted by atomic mass is 14.9. The highest BCUT2D eigenvalue weighted by Crippen LogP contribution is 2.25. The van der Waals surface area contributed by atoms with E-state index in [1.54, 1.807) is 0 Å². The standard InChI is InChI=1S/C16H19N3/c1-3-14-5-2-8-19-16(14)15(4-1)12-18-11-13-6-9-17-10-7-13/h1,3-4,6-7,9-10,18-19H,2,5,8,11-12H2. The molecule has 0 unspecified atom stereocenters. The number of nitrogens with one attached hydrogen (secondary N) is 2. The van der Waals surface area contributed by atoms with Gasteiger partial charge in [-0.3, -0.25) is 4.98 Å². The van der Waals surface area contributed by atoms with Crippen molar-refractivity contribution < 1.29 is 0 Å². The number of fused-ring (bicyclic) bond motifs is 1. The summed E-state index contributed by atoms with van der Waals surface area (Å²) in [6, 6.07) is 10.7. The lowest BCUT2D eigenvalue weighted by atomic mass is 9.99. The van der Waals surface area contributed by atoms with Crippen molar-refractivity contribution in [2.45, 2.75) is 25.9 Å². The third kappa shape index (κ3) is 2.93. The highest BCUT2D eigenvalue weighted by Gasteiger charge is 2.11. The van der Waals surface area contributed by atoms with Crippen molar-refractivity contribution in [3.05, 3.63) is 59.4 Å². The fraction of sp³-hybridized carbons (Fsp3) is 0.312. The molecular formula is C16H19N3. The number of anilines is 1. The van der Waals surface area contributed by atoms with E-state index >= 15 is 0 Å². The Morgan fingerprint density at radius 2 is 2.00 bits per heavy atom. The van der Waals surface area contributed by atoms with Gasteiger partial charge >= 0.3 is 0 Å². The van der Waals surface area contributed by atoms with Crippen LogP contribution in [-0.2, 0) is 19.5 Å². The molecule has 19 heavy (non-hydrogen) atoms. The Balaban J connectivity index is 1.64. The van der Waals surface area contributed by atoms with Gasteiger partial charge in [0, 0.05) is 37.7 Å². The SMILES string of the molecule is c1cc2c(c(CNCc3ccncc3)c1)NCCC2. The molecular weight excluding hydrogens is 234 g/mol. The minimum absolute atomic E-state index is 0.881. The van der Waals surface area contributed by atoms with Crippen molar-refractivity contribution in [3.8, 4) is 0 Å². The molecule has 0 spiro atoms. The summed E-state index contributed by atoms with van der Waals surface area (Å²) in [7, 11) is 0. The molecule has 98 valence electrons. The summed E-state index contributed by atoms with van der Waals surface area (Å²) in [5.74, 6) is 0. The second kappa shape index (κ2) is 5.85. The number of nitrogens with zero attached hydrogens (tertiary/aromatic N) is 1. The smallest absolute Gasteiger partial charge is 0.0418 e. The first-order valence-electron chi connectivity index (χ1n) is 6.88. The summed E-state index contributed by atoms with van der Waals surface area (Å²) in [4.78, 5) is 4.03. The molecule has 1 aliphatic rings. The number of pyridine rings is 1. The van der Waals surface area contributed by atoms with Crippen molar-refractivity contribution in [1.29, 1.82) is 0 Å². The van der Waals surface area contributed by atoms with Crippen LogP contribution in [0.5, 0.6) is 0 Å². The Bertz CT molecular complexity index is 537. The first-order chi connectivity index (χ1) is 9.43. The van der Waals surface area contributed by atoms with E-state index in [1.165, 1.54) is 35.2 Å². The zero-order valence-electron chi connectivity index (χ0n) is 11.0. The van der Waals surface area contributed by atoms with Crippen LogP contribution < -0.4 is 10.6 Å². The zero-order valence-corrected chi connectivity index (χ0v) is 11.0. The van der Waals surface area contributed by atoms with E-state index in [0.29, 0.717) is 0 Å². The molecule has 3 rings (SSSR count). The molecule has 2 aromatic rings. The molecule has 0 saturated carbocycles. The topological polar surface area (TPSA) is 37.0 Å². The first-order valence-corrected chi connectivity index (χ1v) is 6.88. The zero-order chi connectivity index (χ0) is 12.9. The molecule has 0 radical (unpaired) electrons. The number of aryl methyl sites for hydroxylation is 1. The van der Waals surface area contributed by atoms with Gasteiger partial charge in [-0.1, -0.05) is 18.2 Å². The average Bonchev–Trinajstić information content (AvgIpc) is 2.49. The predicted octanol–water partition coefficient (Wildman–Crippen LogP) is 2.73. The van der Waals surface area contributed by atoms with Gasteiger partial charge in [0.25, 0.3) is 0 Å². The summed E-state index contributed by atoms with van der Waals surface area (Å²) in [5.41, 5.74) is 5.43. The van der Waals surface area contributed by atoms with Gasteiger partial charge in [-0.2, -0.15) is 0 Å². The predicted molar refractivity (Wildman–Crippen MR) is 78.0 cm³/mol. The van der Waals surface area contributed by atoms with E-state index in [4.69, 9.17) is 0 Å². The molecule has 3 nitrogen and oxygen atoms in total. The number of hydrogen-bond acceptors (Lipinski definition) is 3. The van der Waals surface area contributed by atoms with Crippen LogP contribution in [0.1, 0.15) is 23.1 Å². The van der Waals surface area contributed by atoms with E-state index in [1.807, 2.05) is 24.5 Å². The Morgan fingerprint density at radius 1 is 1.11 bits per heavy atom. The molecule has 2 N–H and O–H groups in total. The molecule has 1 aromatic carbocycles.